The van der Waals surface area contributed by atoms with E-state index in [1.165, 1.54) is 0 Å². The number of hydrogen-bond acceptors (Lipinski definition) is 1. The predicted molar refractivity (Wildman–Crippen MR) is 41.0 cm³/mol. The average Bonchev–Trinajstić information content (AvgIpc) is 2.01. The quantitative estimate of drug-likeness (QED) is 0.783. The Morgan fingerprint density at radius 1 is 1.31 bits per heavy atom. The van der Waals surface area contributed by atoms with Crippen LogP contribution in [0.1, 0.15) is 10.4 Å². The molecule has 0 fully saturated rings. The highest BCUT2D eigenvalue weighted by Gasteiger charge is 2.22. The van der Waals surface area contributed by atoms with Gasteiger partial charge in [0, 0.05) is 0 Å². The number of carbonyl (C=O) groups is 1. The van der Waals surface area contributed by atoms with Crippen LogP contribution in [-0.2, 0) is 0 Å². The molecule has 0 spiro atoms. The van der Waals surface area contributed by atoms with Gasteiger partial charge in [-0.05, 0) is 22.0 Å². The van der Waals surface area contributed by atoms with Crippen LogP contribution in [0.5, 0.6) is 0 Å². The zero-order valence-electron chi connectivity index (χ0n) is 5.94. The summed E-state index contributed by atoms with van der Waals surface area (Å²) in [4.78, 5) is 10.3. The minimum atomic E-state index is -1.85. The molecule has 0 heterocycles. The van der Waals surface area contributed by atoms with Gasteiger partial charge in [-0.15, -0.1) is 0 Å². The van der Waals surface area contributed by atoms with Crippen molar-refractivity contribution in [1.82, 2.24) is 0 Å². The average molecular weight is 255 g/mol. The maximum absolute atomic E-state index is 12.9. The molecule has 0 bridgehead atoms. The van der Waals surface area contributed by atoms with Crippen molar-refractivity contribution in [2.75, 3.05) is 0 Å². The molecule has 1 aromatic carbocycles. The van der Waals surface area contributed by atoms with E-state index in [1.54, 1.807) is 0 Å². The lowest BCUT2D eigenvalue weighted by atomic mass is 10.2. The third-order valence-corrected chi connectivity index (χ3v) is 1.90. The van der Waals surface area contributed by atoms with E-state index in [1.807, 2.05) is 0 Å². The molecular formula is C7H2BrF3O2. The second-order valence-corrected chi connectivity index (χ2v) is 3.00. The molecule has 0 saturated carbocycles. The fourth-order valence-corrected chi connectivity index (χ4v) is 1.16. The van der Waals surface area contributed by atoms with Gasteiger partial charge in [-0.2, -0.15) is 0 Å². The molecule has 2 nitrogen and oxygen atoms in total. The van der Waals surface area contributed by atoms with Crippen molar-refractivity contribution in [2.45, 2.75) is 0 Å². The third-order valence-electron chi connectivity index (χ3n) is 1.33. The molecule has 0 aromatic heterocycles. The second-order valence-electron chi connectivity index (χ2n) is 2.15. The summed E-state index contributed by atoms with van der Waals surface area (Å²) in [6.07, 6.45) is 0. The van der Waals surface area contributed by atoms with Crippen LogP contribution in [0.2, 0.25) is 0 Å². The lowest BCUT2D eigenvalue weighted by molar-refractivity contribution is 0.0685. The van der Waals surface area contributed by atoms with Crippen LogP contribution in [0.3, 0.4) is 0 Å². The summed E-state index contributed by atoms with van der Waals surface area (Å²) in [5.74, 6) is -6.29. The molecule has 0 unspecified atom stereocenters. The molecule has 13 heavy (non-hydrogen) atoms. The molecular weight excluding hydrogens is 253 g/mol. The van der Waals surface area contributed by atoms with E-state index >= 15 is 0 Å². The Hall–Kier alpha value is -1.04. The molecule has 0 amide bonds. The lowest BCUT2D eigenvalue weighted by Gasteiger charge is -2.02. The van der Waals surface area contributed by atoms with Gasteiger partial charge in [0.1, 0.15) is 5.56 Å². The van der Waals surface area contributed by atoms with Gasteiger partial charge in [-0.3, -0.25) is 0 Å². The smallest absolute Gasteiger partial charge is 0.341 e. The fraction of sp³-hybridized carbons (Fsp3) is 0. The monoisotopic (exact) mass is 254 g/mol. The number of halogens is 4. The van der Waals surface area contributed by atoms with Crippen molar-refractivity contribution in [3.63, 3.8) is 0 Å². The Bertz CT molecular complexity index is 352. The molecule has 1 rings (SSSR count). The van der Waals surface area contributed by atoms with Crippen molar-refractivity contribution >= 4 is 21.9 Å². The van der Waals surface area contributed by atoms with Crippen molar-refractivity contribution < 1.29 is 23.1 Å². The summed E-state index contributed by atoms with van der Waals surface area (Å²) in [6.45, 7) is 0. The second kappa shape index (κ2) is 3.37. The lowest BCUT2D eigenvalue weighted by Crippen LogP contribution is -2.07. The Kier molecular flexibility index (Phi) is 2.60. The Morgan fingerprint density at radius 3 is 2.31 bits per heavy atom. The van der Waals surface area contributed by atoms with Crippen molar-refractivity contribution in [3.8, 4) is 0 Å². The van der Waals surface area contributed by atoms with E-state index in [9.17, 15) is 18.0 Å². The molecule has 0 aliphatic rings. The van der Waals surface area contributed by atoms with Gasteiger partial charge in [0.25, 0.3) is 0 Å². The minimum Gasteiger partial charge on any atom is -0.477 e. The Balaban J connectivity index is 3.56. The first-order valence-corrected chi connectivity index (χ1v) is 3.80. The van der Waals surface area contributed by atoms with Crippen LogP contribution >= 0.6 is 15.9 Å². The number of carboxylic acid groups (broad SMARTS) is 1. The summed E-state index contributed by atoms with van der Waals surface area (Å²) in [5.41, 5.74) is -1.30. The minimum absolute atomic E-state index is 0.427. The number of hydrogen-bond donors (Lipinski definition) is 1. The van der Waals surface area contributed by atoms with Gasteiger partial charge in [0.05, 0.1) is 4.47 Å². The third kappa shape index (κ3) is 1.67. The van der Waals surface area contributed by atoms with Crippen molar-refractivity contribution in [1.29, 1.82) is 0 Å². The van der Waals surface area contributed by atoms with Gasteiger partial charge in [0.15, 0.2) is 17.5 Å². The predicted octanol–water partition coefficient (Wildman–Crippen LogP) is 2.56. The maximum Gasteiger partial charge on any atom is 0.341 e. The molecule has 1 aromatic rings. The van der Waals surface area contributed by atoms with E-state index < -0.39 is 33.5 Å². The number of benzene rings is 1. The number of rotatable bonds is 1. The zero-order valence-corrected chi connectivity index (χ0v) is 7.53. The molecule has 0 aliphatic heterocycles. The van der Waals surface area contributed by atoms with Crippen LogP contribution in [0.25, 0.3) is 0 Å². The molecule has 0 aliphatic carbocycles. The summed E-state index contributed by atoms with van der Waals surface area (Å²) >= 11 is 2.55. The largest absolute Gasteiger partial charge is 0.477 e. The summed E-state index contributed by atoms with van der Waals surface area (Å²) in [6, 6.07) is 0.525. The highest BCUT2D eigenvalue weighted by Crippen LogP contribution is 2.24. The highest BCUT2D eigenvalue weighted by atomic mass is 79.9. The summed E-state index contributed by atoms with van der Waals surface area (Å²) in [7, 11) is 0. The summed E-state index contributed by atoms with van der Waals surface area (Å²) < 4.78 is 37.7. The molecule has 0 radical (unpaired) electrons. The molecule has 0 atom stereocenters. The van der Waals surface area contributed by atoms with Crippen molar-refractivity contribution in [2.24, 2.45) is 0 Å². The number of aromatic carboxylic acids is 1. The van der Waals surface area contributed by atoms with E-state index in [0.717, 1.165) is 0 Å². The highest BCUT2D eigenvalue weighted by molar-refractivity contribution is 9.10. The van der Waals surface area contributed by atoms with Gasteiger partial charge in [-0.25, -0.2) is 18.0 Å². The fourth-order valence-electron chi connectivity index (χ4n) is 0.761. The van der Waals surface area contributed by atoms with Crippen LogP contribution in [0.15, 0.2) is 10.5 Å². The van der Waals surface area contributed by atoms with Gasteiger partial charge >= 0.3 is 5.97 Å². The molecule has 0 saturated heterocycles. The van der Waals surface area contributed by atoms with Crippen LogP contribution in [0.4, 0.5) is 13.2 Å². The first-order chi connectivity index (χ1) is 5.95. The van der Waals surface area contributed by atoms with Crippen LogP contribution in [-0.4, -0.2) is 11.1 Å². The Labute approximate surface area is 79.1 Å². The SMILES string of the molecule is O=C(O)c1c(F)c(F)cc(Br)c1F. The first kappa shape index (κ1) is 10.0. The zero-order chi connectivity index (χ0) is 10.2. The molecule has 70 valence electrons. The van der Waals surface area contributed by atoms with Gasteiger partial charge < -0.3 is 5.11 Å². The van der Waals surface area contributed by atoms with E-state index in [2.05, 4.69) is 15.9 Å². The van der Waals surface area contributed by atoms with E-state index in [-0.39, 0.29) is 0 Å². The Morgan fingerprint density at radius 2 is 1.85 bits per heavy atom. The molecule has 1 N–H and O–H groups in total. The van der Waals surface area contributed by atoms with Gasteiger partial charge in [-0.1, -0.05) is 0 Å². The maximum atomic E-state index is 12.9. The van der Waals surface area contributed by atoms with Crippen molar-refractivity contribution in [3.05, 3.63) is 33.6 Å². The number of carboxylic acids is 1. The molecule has 6 heteroatoms. The first-order valence-electron chi connectivity index (χ1n) is 3.01. The standard InChI is InChI=1S/C7H2BrF3O2/c8-2-1-3(9)6(11)4(5(2)10)7(12)13/h1H,(H,12,13). The van der Waals surface area contributed by atoms with Crippen LogP contribution < -0.4 is 0 Å². The van der Waals surface area contributed by atoms with E-state index in [4.69, 9.17) is 5.11 Å². The van der Waals surface area contributed by atoms with E-state index in [0.29, 0.717) is 6.07 Å². The normalized spacial score (nSPS) is 10.2. The topological polar surface area (TPSA) is 37.3 Å². The van der Waals surface area contributed by atoms with Crippen LogP contribution in [0, 0.1) is 17.5 Å². The van der Waals surface area contributed by atoms with Gasteiger partial charge in [0.2, 0.25) is 0 Å². The summed E-state index contributed by atoms with van der Waals surface area (Å²) in [5, 5.41) is 8.33.